The molecule has 0 heterocycles. The minimum Gasteiger partial charge on any atom is -0.264 e. The van der Waals surface area contributed by atoms with Crippen LogP contribution in [0, 0.1) is 10.1 Å². The summed E-state index contributed by atoms with van der Waals surface area (Å²) in [6.07, 6.45) is 3.13. The van der Waals surface area contributed by atoms with Gasteiger partial charge >= 0.3 is 0 Å². The maximum atomic E-state index is 10.5. The van der Waals surface area contributed by atoms with Crippen molar-refractivity contribution in [3.63, 3.8) is 0 Å². The summed E-state index contributed by atoms with van der Waals surface area (Å²) < 4.78 is 0. The largest absolute Gasteiger partial charge is 0.264 e. The van der Waals surface area contributed by atoms with E-state index in [1.165, 1.54) is 0 Å². The second-order valence-corrected chi connectivity index (χ2v) is 3.48. The van der Waals surface area contributed by atoms with Crippen LogP contribution in [-0.2, 0) is 0 Å². The fourth-order valence-corrected chi connectivity index (χ4v) is 1.32. The lowest BCUT2D eigenvalue weighted by Crippen LogP contribution is -2.29. The molecule has 0 fully saturated rings. The number of nitro groups is 1. The molecule has 0 rings (SSSR count). The van der Waals surface area contributed by atoms with Crippen molar-refractivity contribution in [2.45, 2.75) is 50.9 Å². The highest BCUT2D eigenvalue weighted by atomic mass is 35.5. The number of hydrogen-bond donors (Lipinski definition) is 0. The Morgan fingerprint density at radius 2 is 2.08 bits per heavy atom. The predicted octanol–water partition coefficient (Wildman–Crippen LogP) is 2.84. The summed E-state index contributed by atoms with van der Waals surface area (Å²) in [6.45, 7) is 3.90. The second-order valence-electron chi connectivity index (χ2n) is 2.92. The lowest BCUT2D eigenvalue weighted by molar-refractivity contribution is -0.523. The highest BCUT2D eigenvalue weighted by molar-refractivity contribution is 6.20. The minimum absolute atomic E-state index is 0.253. The van der Waals surface area contributed by atoms with E-state index >= 15 is 0 Å². The van der Waals surface area contributed by atoms with Crippen LogP contribution in [0.3, 0.4) is 0 Å². The van der Waals surface area contributed by atoms with Crippen LogP contribution >= 0.6 is 11.6 Å². The average molecular weight is 194 g/mol. The maximum absolute atomic E-state index is 10.5. The fraction of sp³-hybridized carbons (Fsp3) is 1.00. The Hall–Kier alpha value is -0.310. The highest BCUT2D eigenvalue weighted by Gasteiger charge is 2.27. The molecule has 0 aromatic rings. The van der Waals surface area contributed by atoms with E-state index < -0.39 is 6.04 Å². The summed E-state index contributed by atoms with van der Waals surface area (Å²) in [5.41, 5.74) is 0. The fourth-order valence-electron chi connectivity index (χ4n) is 1.10. The van der Waals surface area contributed by atoms with Gasteiger partial charge in [-0.1, -0.05) is 20.3 Å². The van der Waals surface area contributed by atoms with Crippen LogP contribution in [-0.4, -0.2) is 16.3 Å². The van der Waals surface area contributed by atoms with Gasteiger partial charge in [0.1, 0.15) is 5.38 Å². The molecular formula is C8H16ClNO2. The molecule has 0 aromatic carbocycles. The second kappa shape index (κ2) is 6.23. The standard InChI is InChI=1S/C8H16ClNO2/c1-3-5-6-8(10(11)12)7(9)4-2/h7-8H,3-6H2,1-2H3/t7?,8-/m1/s1. The van der Waals surface area contributed by atoms with Gasteiger partial charge in [-0.2, -0.15) is 0 Å². The van der Waals surface area contributed by atoms with Gasteiger partial charge in [0.05, 0.1) is 0 Å². The van der Waals surface area contributed by atoms with Gasteiger partial charge in [-0.05, 0) is 12.8 Å². The van der Waals surface area contributed by atoms with Gasteiger partial charge in [-0.25, -0.2) is 0 Å². The third-order valence-corrected chi connectivity index (χ3v) is 2.53. The molecule has 0 bridgehead atoms. The Morgan fingerprint density at radius 3 is 2.42 bits per heavy atom. The molecular weight excluding hydrogens is 178 g/mol. The van der Waals surface area contributed by atoms with Gasteiger partial charge in [-0.3, -0.25) is 10.1 Å². The van der Waals surface area contributed by atoms with E-state index in [4.69, 9.17) is 11.6 Å². The van der Waals surface area contributed by atoms with Gasteiger partial charge in [0.25, 0.3) is 0 Å². The number of unbranched alkanes of at least 4 members (excludes halogenated alkanes) is 1. The lowest BCUT2D eigenvalue weighted by atomic mass is 10.1. The van der Waals surface area contributed by atoms with Crippen molar-refractivity contribution in [2.24, 2.45) is 0 Å². The minimum atomic E-state index is -0.559. The molecule has 0 spiro atoms. The Kier molecular flexibility index (Phi) is 6.07. The van der Waals surface area contributed by atoms with Crippen molar-refractivity contribution in [1.29, 1.82) is 0 Å². The molecule has 0 amide bonds. The molecule has 0 saturated heterocycles. The first-order valence-electron chi connectivity index (χ1n) is 4.41. The summed E-state index contributed by atoms with van der Waals surface area (Å²) >= 11 is 5.82. The SMILES string of the molecule is CCCC[C@H](C(Cl)CC)[N+](=O)[O-]. The van der Waals surface area contributed by atoms with Crippen LogP contribution in [0.15, 0.2) is 0 Å². The topological polar surface area (TPSA) is 43.1 Å². The van der Waals surface area contributed by atoms with Crippen molar-refractivity contribution in [1.82, 2.24) is 0 Å². The molecule has 0 saturated carbocycles. The average Bonchev–Trinajstić information content (AvgIpc) is 2.04. The molecule has 0 N–H and O–H groups in total. The molecule has 3 nitrogen and oxygen atoms in total. The third-order valence-electron chi connectivity index (χ3n) is 1.93. The van der Waals surface area contributed by atoms with Crippen LogP contribution in [0.5, 0.6) is 0 Å². The van der Waals surface area contributed by atoms with Crippen molar-refractivity contribution >= 4 is 11.6 Å². The van der Waals surface area contributed by atoms with E-state index in [0.717, 1.165) is 12.8 Å². The van der Waals surface area contributed by atoms with Crippen LogP contribution in [0.25, 0.3) is 0 Å². The van der Waals surface area contributed by atoms with Crippen LogP contribution in [0.4, 0.5) is 0 Å². The normalized spacial score (nSPS) is 15.6. The molecule has 4 heteroatoms. The first kappa shape index (κ1) is 11.7. The van der Waals surface area contributed by atoms with Gasteiger partial charge in [0, 0.05) is 11.3 Å². The monoisotopic (exact) mass is 193 g/mol. The summed E-state index contributed by atoms with van der Waals surface area (Å²) in [7, 11) is 0. The van der Waals surface area contributed by atoms with E-state index in [2.05, 4.69) is 0 Å². The van der Waals surface area contributed by atoms with E-state index in [0.29, 0.717) is 12.8 Å². The zero-order valence-electron chi connectivity index (χ0n) is 7.62. The predicted molar refractivity (Wildman–Crippen MR) is 50.2 cm³/mol. The molecule has 0 radical (unpaired) electrons. The van der Waals surface area contributed by atoms with Gasteiger partial charge < -0.3 is 0 Å². The van der Waals surface area contributed by atoms with Crippen LogP contribution < -0.4 is 0 Å². The Labute approximate surface area is 78.3 Å². The molecule has 0 aliphatic heterocycles. The number of rotatable bonds is 6. The smallest absolute Gasteiger partial charge is 0.229 e. The number of hydrogen-bond acceptors (Lipinski definition) is 2. The van der Waals surface area contributed by atoms with Gasteiger partial charge in [-0.15, -0.1) is 11.6 Å². The van der Waals surface area contributed by atoms with Crippen LogP contribution in [0.2, 0.25) is 0 Å². The summed E-state index contributed by atoms with van der Waals surface area (Å²) in [5.74, 6) is 0. The van der Waals surface area contributed by atoms with Crippen molar-refractivity contribution in [3.05, 3.63) is 10.1 Å². The summed E-state index contributed by atoms with van der Waals surface area (Å²) in [6, 6.07) is -0.559. The van der Waals surface area contributed by atoms with Crippen molar-refractivity contribution in [3.8, 4) is 0 Å². The Morgan fingerprint density at radius 1 is 1.50 bits per heavy atom. The first-order valence-corrected chi connectivity index (χ1v) is 4.84. The van der Waals surface area contributed by atoms with Crippen molar-refractivity contribution in [2.75, 3.05) is 0 Å². The highest BCUT2D eigenvalue weighted by Crippen LogP contribution is 2.15. The Bertz CT molecular complexity index is 141. The quantitative estimate of drug-likeness (QED) is 0.370. The first-order chi connectivity index (χ1) is 5.63. The summed E-state index contributed by atoms with van der Waals surface area (Å²) in [4.78, 5) is 10.3. The van der Waals surface area contributed by atoms with E-state index in [1.54, 1.807) is 0 Å². The Balaban J connectivity index is 3.94. The number of halogens is 1. The number of alkyl halides is 1. The summed E-state index contributed by atoms with van der Waals surface area (Å²) in [5, 5.41) is 10.2. The lowest BCUT2D eigenvalue weighted by Gasteiger charge is -2.12. The maximum Gasteiger partial charge on any atom is 0.229 e. The molecule has 12 heavy (non-hydrogen) atoms. The van der Waals surface area contributed by atoms with E-state index in [1.807, 2.05) is 13.8 Å². The van der Waals surface area contributed by atoms with Gasteiger partial charge in [0.2, 0.25) is 6.04 Å². The molecule has 0 aromatic heterocycles. The molecule has 1 unspecified atom stereocenters. The van der Waals surface area contributed by atoms with Gasteiger partial charge in [0.15, 0.2) is 0 Å². The molecule has 2 atom stereocenters. The molecule has 0 aliphatic carbocycles. The molecule has 0 aliphatic rings. The van der Waals surface area contributed by atoms with Crippen LogP contribution in [0.1, 0.15) is 39.5 Å². The zero-order chi connectivity index (χ0) is 9.56. The van der Waals surface area contributed by atoms with Crippen molar-refractivity contribution < 1.29 is 4.92 Å². The van der Waals surface area contributed by atoms with E-state index in [9.17, 15) is 10.1 Å². The molecule has 72 valence electrons. The number of nitrogens with zero attached hydrogens (tertiary/aromatic N) is 1. The zero-order valence-corrected chi connectivity index (χ0v) is 8.38. The third kappa shape index (κ3) is 3.90. The van der Waals surface area contributed by atoms with E-state index in [-0.39, 0.29) is 10.3 Å².